The second kappa shape index (κ2) is 8.00. The number of nitrogens with zero attached hydrogens (tertiary/aromatic N) is 3. The SMILES string of the molecule is O=[N+]([O-])c1cccc(OCCSc2nnc(-c3ccc(Cl)cc3)o2)c1. The van der Waals surface area contributed by atoms with Gasteiger partial charge in [-0.05, 0) is 30.3 Å². The van der Waals surface area contributed by atoms with E-state index in [1.807, 2.05) is 0 Å². The van der Waals surface area contributed by atoms with Gasteiger partial charge in [0, 0.05) is 22.4 Å². The van der Waals surface area contributed by atoms with Crippen molar-refractivity contribution in [1.29, 1.82) is 0 Å². The molecule has 9 heteroatoms. The van der Waals surface area contributed by atoms with Gasteiger partial charge in [-0.3, -0.25) is 10.1 Å². The maximum Gasteiger partial charge on any atom is 0.276 e. The van der Waals surface area contributed by atoms with Crippen LogP contribution in [0.2, 0.25) is 5.02 Å². The lowest BCUT2D eigenvalue weighted by molar-refractivity contribution is -0.384. The predicted octanol–water partition coefficient (Wildman–Crippen LogP) is 4.47. The van der Waals surface area contributed by atoms with Crippen molar-refractivity contribution in [2.24, 2.45) is 0 Å². The smallest absolute Gasteiger partial charge is 0.276 e. The molecule has 1 heterocycles. The zero-order valence-electron chi connectivity index (χ0n) is 12.8. The number of aromatic nitrogens is 2. The monoisotopic (exact) mass is 377 g/mol. The Bertz CT molecular complexity index is 870. The van der Waals surface area contributed by atoms with Crippen LogP contribution in [0.5, 0.6) is 5.75 Å². The molecule has 0 aliphatic carbocycles. The molecule has 0 saturated carbocycles. The molecule has 0 N–H and O–H groups in total. The first-order valence-electron chi connectivity index (χ1n) is 7.21. The van der Waals surface area contributed by atoms with Crippen molar-refractivity contribution in [1.82, 2.24) is 10.2 Å². The molecule has 2 aromatic carbocycles. The summed E-state index contributed by atoms with van der Waals surface area (Å²) in [6, 6.07) is 13.2. The van der Waals surface area contributed by atoms with Crippen LogP contribution in [-0.2, 0) is 0 Å². The Balaban J connectivity index is 1.50. The molecule has 0 atom stereocenters. The highest BCUT2D eigenvalue weighted by Crippen LogP contribution is 2.25. The molecule has 0 spiro atoms. The number of rotatable bonds is 7. The van der Waals surface area contributed by atoms with Gasteiger partial charge in [0.05, 0.1) is 17.6 Å². The Morgan fingerprint density at radius 1 is 1.20 bits per heavy atom. The Morgan fingerprint density at radius 2 is 2.00 bits per heavy atom. The molecule has 3 rings (SSSR count). The van der Waals surface area contributed by atoms with Crippen LogP contribution in [0.1, 0.15) is 0 Å². The second-order valence-electron chi connectivity index (χ2n) is 4.83. The highest BCUT2D eigenvalue weighted by Gasteiger charge is 2.10. The first-order valence-corrected chi connectivity index (χ1v) is 8.58. The summed E-state index contributed by atoms with van der Waals surface area (Å²) in [4.78, 5) is 10.3. The van der Waals surface area contributed by atoms with E-state index in [0.717, 1.165) is 5.56 Å². The van der Waals surface area contributed by atoms with Crippen LogP contribution in [0.25, 0.3) is 11.5 Å². The largest absolute Gasteiger partial charge is 0.492 e. The molecule has 1 aromatic heterocycles. The van der Waals surface area contributed by atoms with Crippen LogP contribution in [-0.4, -0.2) is 27.5 Å². The van der Waals surface area contributed by atoms with Gasteiger partial charge >= 0.3 is 0 Å². The third-order valence-electron chi connectivity index (χ3n) is 3.10. The minimum atomic E-state index is -0.460. The van der Waals surface area contributed by atoms with E-state index in [1.54, 1.807) is 36.4 Å². The van der Waals surface area contributed by atoms with E-state index >= 15 is 0 Å². The van der Waals surface area contributed by atoms with Gasteiger partial charge in [0.2, 0.25) is 5.89 Å². The lowest BCUT2D eigenvalue weighted by Gasteiger charge is -2.04. The number of hydrogen-bond acceptors (Lipinski definition) is 7. The highest BCUT2D eigenvalue weighted by molar-refractivity contribution is 7.99. The fourth-order valence-corrected chi connectivity index (χ4v) is 2.66. The predicted molar refractivity (Wildman–Crippen MR) is 94.1 cm³/mol. The van der Waals surface area contributed by atoms with E-state index in [9.17, 15) is 10.1 Å². The van der Waals surface area contributed by atoms with Crippen LogP contribution in [0.3, 0.4) is 0 Å². The molecule has 0 radical (unpaired) electrons. The number of nitro benzene ring substituents is 1. The summed E-state index contributed by atoms with van der Waals surface area (Å²) in [5.74, 6) is 1.42. The molecule has 128 valence electrons. The summed E-state index contributed by atoms with van der Waals surface area (Å²) in [6.45, 7) is 0.352. The fraction of sp³-hybridized carbons (Fsp3) is 0.125. The van der Waals surface area contributed by atoms with Gasteiger partial charge in [-0.2, -0.15) is 0 Å². The van der Waals surface area contributed by atoms with Gasteiger partial charge in [-0.15, -0.1) is 10.2 Å². The van der Waals surface area contributed by atoms with Crippen LogP contribution in [0.15, 0.2) is 58.2 Å². The third kappa shape index (κ3) is 4.71. The number of nitro groups is 1. The molecule has 0 amide bonds. The lowest BCUT2D eigenvalue weighted by Crippen LogP contribution is -2.00. The third-order valence-corrected chi connectivity index (χ3v) is 4.14. The zero-order valence-corrected chi connectivity index (χ0v) is 14.4. The van der Waals surface area contributed by atoms with Gasteiger partial charge in [0.25, 0.3) is 10.9 Å². The number of thioether (sulfide) groups is 1. The molecule has 25 heavy (non-hydrogen) atoms. The van der Waals surface area contributed by atoms with Crippen LogP contribution in [0.4, 0.5) is 5.69 Å². The number of non-ortho nitro benzene ring substituents is 1. The van der Waals surface area contributed by atoms with Gasteiger partial charge < -0.3 is 9.15 Å². The van der Waals surface area contributed by atoms with Crippen molar-refractivity contribution in [3.8, 4) is 17.2 Å². The lowest BCUT2D eigenvalue weighted by atomic mass is 10.2. The average Bonchev–Trinajstić information content (AvgIpc) is 3.08. The molecular weight excluding hydrogens is 366 g/mol. The summed E-state index contributed by atoms with van der Waals surface area (Å²) in [5.41, 5.74) is 0.784. The van der Waals surface area contributed by atoms with E-state index in [2.05, 4.69) is 10.2 Å². The van der Waals surface area contributed by atoms with Crippen molar-refractivity contribution >= 4 is 29.1 Å². The first-order chi connectivity index (χ1) is 12.1. The molecule has 0 aliphatic heterocycles. The maximum atomic E-state index is 10.7. The molecule has 0 aliphatic rings. The van der Waals surface area contributed by atoms with Gasteiger partial charge in [0.15, 0.2) is 0 Å². The standard InChI is InChI=1S/C16H12ClN3O4S/c17-12-6-4-11(5-7-12)15-18-19-16(24-15)25-9-8-23-14-3-1-2-13(10-14)20(21)22/h1-7,10H,8-9H2. The van der Waals surface area contributed by atoms with E-state index < -0.39 is 4.92 Å². The molecule has 0 fully saturated rings. The van der Waals surface area contributed by atoms with E-state index in [-0.39, 0.29) is 5.69 Å². The van der Waals surface area contributed by atoms with Crippen LogP contribution < -0.4 is 4.74 Å². The van der Waals surface area contributed by atoms with Crippen molar-refractivity contribution in [3.05, 3.63) is 63.7 Å². The number of ether oxygens (including phenoxy) is 1. The van der Waals surface area contributed by atoms with Crippen molar-refractivity contribution in [2.45, 2.75) is 5.22 Å². The van der Waals surface area contributed by atoms with E-state index in [1.165, 1.54) is 23.9 Å². The van der Waals surface area contributed by atoms with Gasteiger partial charge in [-0.1, -0.05) is 29.4 Å². The summed E-state index contributed by atoms with van der Waals surface area (Å²) in [7, 11) is 0. The zero-order chi connectivity index (χ0) is 17.6. The molecule has 7 nitrogen and oxygen atoms in total. The average molecular weight is 378 g/mol. The Labute approximate surface area is 152 Å². The molecular formula is C16H12ClN3O4S. The van der Waals surface area contributed by atoms with Crippen LogP contribution >= 0.6 is 23.4 Å². The summed E-state index contributed by atoms with van der Waals surface area (Å²) in [6.07, 6.45) is 0. The Kier molecular flexibility index (Phi) is 5.52. The van der Waals surface area contributed by atoms with Gasteiger partial charge in [0.1, 0.15) is 5.75 Å². The van der Waals surface area contributed by atoms with Crippen molar-refractivity contribution in [3.63, 3.8) is 0 Å². The van der Waals surface area contributed by atoms with E-state index in [0.29, 0.717) is 34.2 Å². The van der Waals surface area contributed by atoms with Crippen molar-refractivity contribution in [2.75, 3.05) is 12.4 Å². The van der Waals surface area contributed by atoms with Crippen LogP contribution in [0, 0.1) is 10.1 Å². The summed E-state index contributed by atoms with van der Waals surface area (Å²) in [5, 5.41) is 19.7. The summed E-state index contributed by atoms with van der Waals surface area (Å²) < 4.78 is 11.1. The Morgan fingerprint density at radius 3 is 2.76 bits per heavy atom. The minimum Gasteiger partial charge on any atom is -0.492 e. The fourth-order valence-electron chi connectivity index (χ4n) is 1.95. The molecule has 0 bridgehead atoms. The number of benzene rings is 2. The topological polar surface area (TPSA) is 91.3 Å². The Hall–Kier alpha value is -2.58. The normalized spacial score (nSPS) is 10.6. The first kappa shape index (κ1) is 17.2. The molecule has 3 aromatic rings. The number of hydrogen-bond donors (Lipinski definition) is 0. The maximum absolute atomic E-state index is 10.7. The quantitative estimate of drug-likeness (QED) is 0.259. The summed E-state index contributed by atoms with van der Waals surface area (Å²) >= 11 is 7.19. The second-order valence-corrected chi connectivity index (χ2v) is 6.31. The van der Waals surface area contributed by atoms with E-state index in [4.69, 9.17) is 20.8 Å². The molecule has 0 unspecified atom stereocenters. The van der Waals surface area contributed by atoms with Crippen molar-refractivity contribution < 1.29 is 14.1 Å². The minimum absolute atomic E-state index is 0.00494. The van der Waals surface area contributed by atoms with Gasteiger partial charge in [-0.25, -0.2) is 0 Å². The molecule has 0 saturated heterocycles. The highest BCUT2D eigenvalue weighted by atomic mass is 35.5. The number of halogens is 1.